The van der Waals surface area contributed by atoms with Crippen molar-refractivity contribution >= 4 is 40.7 Å². The van der Waals surface area contributed by atoms with E-state index in [0.29, 0.717) is 22.0 Å². The number of hydrogen-bond acceptors (Lipinski definition) is 3. The van der Waals surface area contributed by atoms with Gasteiger partial charge >= 0.3 is 0 Å². The first-order valence-corrected chi connectivity index (χ1v) is 7.84. The van der Waals surface area contributed by atoms with Crippen molar-refractivity contribution < 1.29 is 14.3 Å². The summed E-state index contributed by atoms with van der Waals surface area (Å²) in [6, 6.07) is 9.93. The maximum absolute atomic E-state index is 12.0. The summed E-state index contributed by atoms with van der Waals surface area (Å²) in [5.74, 6) is -0.239. The van der Waals surface area contributed by atoms with E-state index >= 15 is 0 Å². The van der Waals surface area contributed by atoms with E-state index in [1.807, 2.05) is 13.0 Å². The number of rotatable bonds is 5. The van der Waals surface area contributed by atoms with Crippen molar-refractivity contribution in [2.45, 2.75) is 6.92 Å². The lowest BCUT2D eigenvalue weighted by molar-refractivity contribution is -0.115. The molecule has 0 saturated heterocycles. The molecule has 126 valence electrons. The lowest BCUT2D eigenvalue weighted by Gasteiger charge is -2.11. The topological polar surface area (TPSA) is 67.4 Å². The van der Waals surface area contributed by atoms with Crippen LogP contribution in [0.4, 0.5) is 5.69 Å². The number of benzene rings is 2. The molecule has 2 rings (SSSR count). The average molecular weight is 367 g/mol. The summed E-state index contributed by atoms with van der Waals surface area (Å²) in [5.41, 5.74) is 1.85. The van der Waals surface area contributed by atoms with Gasteiger partial charge in [-0.2, -0.15) is 0 Å². The molecule has 0 fully saturated rings. The standard InChI is InChI=1S/C17H16Cl2N2O3/c1-10-3-6-15(24-2)14(7-10)21-16(22)9-20-17(23)11-4-5-12(18)13(19)8-11/h3-8H,9H2,1-2H3,(H,20,23)(H,21,22). The molecule has 0 unspecified atom stereocenters. The molecule has 0 radical (unpaired) electrons. The molecule has 0 spiro atoms. The number of carbonyl (C=O) groups excluding carboxylic acids is 2. The van der Waals surface area contributed by atoms with Crippen molar-refractivity contribution in [2.24, 2.45) is 0 Å². The monoisotopic (exact) mass is 366 g/mol. The van der Waals surface area contributed by atoms with E-state index in [1.54, 1.807) is 12.1 Å². The van der Waals surface area contributed by atoms with Gasteiger partial charge in [-0.3, -0.25) is 9.59 Å². The molecule has 0 aliphatic heterocycles. The fraction of sp³-hybridized carbons (Fsp3) is 0.176. The zero-order chi connectivity index (χ0) is 17.7. The summed E-state index contributed by atoms with van der Waals surface area (Å²) in [6.07, 6.45) is 0. The van der Waals surface area contributed by atoms with E-state index < -0.39 is 5.91 Å². The van der Waals surface area contributed by atoms with E-state index in [-0.39, 0.29) is 17.5 Å². The zero-order valence-corrected chi connectivity index (χ0v) is 14.7. The molecule has 2 aromatic rings. The van der Waals surface area contributed by atoms with Crippen molar-refractivity contribution in [1.82, 2.24) is 5.32 Å². The molecule has 2 N–H and O–H groups in total. The number of nitrogens with one attached hydrogen (secondary N) is 2. The van der Waals surface area contributed by atoms with Crippen LogP contribution in [0.25, 0.3) is 0 Å². The van der Waals surface area contributed by atoms with E-state index in [9.17, 15) is 9.59 Å². The van der Waals surface area contributed by atoms with Crippen LogP contribution >= 0.6 is 23.2 Å². The van der Waals surface area contributed by atoms with Crippen LogP contribution in [0.5, 0.6) is 5.75 Å². The fourth-order valence-electron chi connectivity index (χ4n) is 2.01. The number of aryl methyl sites for hydroxylation is 1. The van der Waals surface area contributed by atoms with Gasteiger partial charge < -0.3 is 15.4 Å². The molecular weight excluding hydrogens is 351 g/mol. The number of halogens is 2. The van der Waals surface area contributed by atoms with E-state index in [1.165, 1.54) is 25.3 Å². The van der Waals surface area contributed by atoms with Crippen LogP contribution < -0.4 is 15.4 Å². The maximum Gasteiger partial charge on any atom is 0.251 e. The second kappa shape index (κ2) is 8.04. The van der Waals surface area contributed by atoms with Gasteiger partial charge in [-0.25, -0.2) is 0 Å². The quantitative estimate of drug-likeness (QED) is 0.847. The van der Waals surface area contributed by atoms with Crippen LogP contribution in [-0.4, -0.2) is 25.5 Å². The van der Waals surface area contributed by atoms with Gasteiger partial charge in [0, 0.05) is 5.56 Å². The van der Waals surface area contributed by atoms with Crippen LogP contribution in [0.15, 0.2) is 36.4 Å². The maximum atomic E-state index is 12.0. The molecule has 0 atom stereocenters. The minimum atomic E-state index is -0.417. The summed E-state index contributed by atoms with van der Waals surface area (Å²) in [5, 5.41) is 5.86. The molecule has 0 aromatic heterocycles. The van der Waals surface area contributed by atoms with Crippen LogP contribution in [-0.2, 0) is 4.79 Å². The zero-order valence-electron chi connectivity index (χ0n) is 13.2. The van der Waals surface area contributed by atoms with Gasteiger partial charge in [0.15, 0.2) is 0 Å². The molecule has 0 bridgehead atoms. The Hall–Kier alpha value is -2.24. The van der Waals surface area contributed by atoms with Crippen molar-refractivity contribution in [3.8, 4) is 5.75 Å². The second-order valence-corrected chi connectivity index (χ2v) is 5.88. The number of hydrogen-bond donors (Lipinski definition) is 2. The highest BCUT2D eigenvalue weighted by molar-refractivity contribution is 6.42. The van der Waals surface area contributed by atoms with Gasteiger partial charge in [-0.15, -0.1) is 0 Å². The Bertz CT molecular complexity index is 778. The number of amides is 2. The lowest BCUT2D eigenvalue weighted by Crippen LogP contribution is -2.32. The molecular formula is C17H16Cl2N2O3. The van der Waals surface area contributed by atoms with Gasteiger partial charge in [0.05, 0.1) is 29.4 Å². The highest BCUT2D eigenvalue weighted by atomic mass is 35.5. The molecule has 0 aliphatic carbocycles. The fourth-order valence-corrected chi connectivity index (χ4v) is 2.31. The number of anilines is 1. The van der Waals surface area contributed by atoms with E-state index in [2.05, 4.69) is 10.6 Å². The first-order chi connectivity index (χ1) is 11.4. The summed E-state index contributed by atoms with van der Waals surface area (Å²) >= 11 is 11.7. The second-order valence-electron chi connectivity index (χ2n) is 5.06. The first-order valence-electron chi connectivity index (χ1n) is 7.08. The predicted octanol–water partition coefficient (Wildman–Crippen LogP) is 3.68. The Balaban J connectivity index is 1.97. The number of carbonyl (C=O) groups is 2. The summed E-state index contributed by atoms with van der Waals surface area (Å²) in [7, 11) is 1.52. The smallest absolute Gasteiger partial charge is 0.251 e. The molecule has 2 amide bonds. The van der Waals surface area contributed by atoms with Crippen molar-refractivity contribution in [2.75, 3.05) is 19.0 Å². The summed E-state index contributed by atoms with van der Waals surface area (Å²) < 4.78 is 5.19. The number of methoxy groups -OCH3 is 1. The van der Waals surface area contributed by atoms with Crippen molar-refractivity contribution in [3.63, 3.8) is 0 Å². The van der Waals surface area contributed by atoms with Crippen LogP contribution in [0.3, 0.4) is 0 Å². The lowest BCUT2D eigenvalue weighted by atomic mass is 10.2. The normalized spacial score (nSPS) is 10.2. The third kappa shape index (κ3) is 4.63. The Morgan fingerprint density at radius 1 is 1.08 bits per heavy atom. The van der Waals surface area contributed by atoms with Crippen LogP contribution in [0, 0.1) is 6.92 Å². The summed E-state index contributed by atoms with van der Waals surface area (Å²) in [4.78, 5) is 24.0. The van der Waals surface area contributed by atoms with Gasteiger partial charge in [-0.05, 0) is 42.8 Å². The highest BCUT2D eigenvalue weighted by Gasteiger charge is 2.11. The third-order valence-corrected chi connectivity index (χ3v) is 3.96. The summed E-state index contributed by atoms with van der Waals surface area (Å²) in [6.45, 7) is 1.72. The van der Waals surface area contributed by atoms with Crippen LogP contribution in [0.1, 0.15) is 15.9 Å². The third-order valence-electron chi connectivity index (χ3n) is 3.22. The minimum absolute atomic E-state index is 0.184. The largest absolute Gasteiger partial charge is 0.495 e. The van der Waals surface area contributed by atoms with Crippen LogP contribution in [0.2, 0.25) is 10.0 Å². The Morgan fingerprint density at radius 2 is 1.83 bits per heavy atom. The molecule has 2 aromatic carbocycles. The van der Waals surface area contributed by atoms with Gasteiger partial charge in [0.25, 0.3) is 5.91 Å². The molecule has 0 heterocycles. The predicted molar refractivity (Wildman–Crippen MR) is 95.2 cm³/mol. The van der Waals surface area contributed by atoms with E-state index in [4.69, 9.17) is 27.9 Å². The SMILES string of the molecule is COc1ccc(C)cc1NC(=O)CNC(=O)c1ccc(Cl)c(Cl)c1. The van der Waals surface area contributed by atoms with Gasteiger partial charge in [0.2, 0.25) is 5.91 Å². The number of ether oxygens (including phenoxy) is 1. The Labute approximate surface area is 149 Å². The average Bonchev–Trinajstić information content (AvgIpc) is 2.55. The van der Waals surface area contributed by atoms with E-state index in [0.717, 1.165) is 5.56 Å². The van der Waals surface area contributed by atoms with Crippen molar-refractivity contribution in [3.05, 3.63) is 57.6 Å². The molecule has 5 nitrogen and oxygen atoms in total. The molecule has 24 heavy (non-hydrogen) atoms. The Kier molecular flexibility index (Phi) is 6.06. The molecule has 0 aliphatic rings. The van der Waals surface area contributed by atoms with Crippen molar-refractivity contribution in [1.29, 1.82) is 0 Å². The Morgan fingerprint density at radius 3 is 2.50 bits per heavy atom. The van der Waals surface area contributed by atoms with Gasteiger partial charge in [-0.1, -0.05) is 29.3 Å². The molecule has 7 heteroatoms. The minimum Gasteiger partial charge on any atom is -0.495 e. The molecule has 0 saturated carbocycles. The van der Waals surface area contributed by atoms with Gasteiger partial charge in [0.1, 0.15) is 5.75 Å². The highest BCUT2D eigenvalue weighted by Crippen LogP contribution is 2.25. The first kappa shape index (κ1) is 18.1.